The summed E-state index contributed by atoms with van der Waals surface area (Å²) in [6.07, 6.45) is -4.60. The summed E-state index contributed by atoms with van der Waals surface area (Å²) in [5.74, 6) is 1.33. The number of halogens is 3. The number of methoxy groups -OCH3 is 2. The minimum atomic E-state index is -4.42. The Hall–Kier alpha value is -3.16. The van der Waals surface area contributed by atoms with Crippen LogP contribution < -0.4 is 14.8 Å². The molecule has 1 aliphatic rings. The zero-order valence-corrected chi connectivity index (χ0v) is 15.9. The van der Waals surface area contributed by atoms with E-state index in [9.17, 15) is 13.2 Å². The number of aromatic nitrogens is 2. The van der Waals surface area contributed by atoms with E-state index >= 15 is 0 Å². The lowest BCUT2D eigenvalue weighted by atomic mass is 9.96. The highest BCUT2D eigenvalue weighted by molar-refractivity contribution is 5.64. The van der Waals surface area contributed by atoms with Crippen LogP contribution in [0, 0.1) is 0 Å². The number of rotatable bonds is 4. The van der Waals surface area contributed by atoms with Gasteiger partial charge in [-0.15, -0.1) is 0 Å². The molecule has 1 N–H and O–H groups in total. The molecule has 0 amide bonds. The molecule has 0 saturated carbocycles. The Labute approximate surface area is 166 Å². The second-order valence-electron chi connectivity index (χ2n) is 6.83. The summed E-state index contributed by atoms with van der Waals surface area (Å²) in [7, 11) is 3.01. The van der Waals surface area contributed by atoms with Gasteiger partial charge in [-0.3, -0.25) is 0 Å². The van der Waals surface area contributed by atoms with E-state index in [-0.39, 0.29) is 6.42 Å². The van der Waals surface area contributed by atoms with Crippen LogP contribution >= 0.6 is 0 Å². The minimum absolute atomic E-state index is 0.179. The highest BCUT2D eigenvalue weighted by Gasteiger charge is 2.46. The zero-order chi connectivity index (χ0) is 20.6. The molecule has 0 spiro atoms. The third-order valence-electron chi connectivity index (χ3n) is 5.07. The van der Waals surface area contributed by atoms with E-state index in [1.807, 2.05) is 30.3 Å². The number of anilines is 1. The van der Waals surface area contributed by atoms with E-state index in [0.29, 0.717) is 28.6 Å². The second-order valence-corrected chi connectivity index (χ2v) is 6.83. The third kappa shape index (κ3) is 3.62. The molecule has 2 unspecified atom stereocenters. The van der Waals surface area contributed by atoms with Gasteiger partial charge in [0.1, 0.15) is 5.82 Å². The molecule has 0 radical (unpaired) electrons. The molecule has 152 valence electrons. The van der Waals surface area contributed by atoms with Crippen LogP contribution in [0.3, 0.4) is 0 Å². The Balaban J connectivity index is 1.74. The number of benzene rings is 2. The summed E-state index contributed by atoms with van der Waals surface area (Å²) in [5, 5.41) is 7.45. The number of nitrogens with zero attached hydrogens (tertiary/aromatic N) is 2. The van der Waals surface area contributed by atoms with E-state index < -0.39 is 18.3 Å². The van der Waals surface area contributed by atoms with Crippen LogP contribution in [0.4, 0.5) is 19.0 Å². The summed E-state index contributed by atoms with van der Waals surface area (Å²) >= 11 is 0. The van der Waals surface area contributed by atoms with Crippen molar-refractivity contribution in [3.63, 3.8) is 0 Å². The van der Waals surface area contributed by atoms with Crippen LogP contribution in [-0.2, 0) is 0 Å². The first-order valence-electron chi connectivity index (χ1n) is 9.11. The topological polar surface area (TPSA) is 48.3 Å². The maximum absolute atomic E-state index is 13.9. The monoisotopic (exact) mass is 403 g/mol. The standard InChI is InChI=1S/C21H20F3N3O2/c1-28-17-9-8-14(10-18(17)29-2)15-11-19(21(22,23)24)27-20(25-15)12-16(26-27)13-6-4-3-5-7-13/h3-10,12,15,19,25H,11H2,1-2H3. The van der Waals surface area contributed by atoms with Gasteiger partial charge in [-0.05, 0) is 17.7 Å². The maximum atomic E-state index is 13.9. The Bertz CT molecular complexity index is 1000. The van der Waals surface area contributed by atoms with Crippen molar-refractivity contribution in [3.05, 3.63) is 60.2 Å². The maximum Gasteiger partial charge on any atom is 0.410 e. The number of ether oxygens (including phenoxy) is 2. The van der Waals surface area contributed by atoms with E-state index in [2.05, 4.69) is 10.4 Å². The van der Waals surface area contributed by atoms with Crippen molar-refractivity contribution in [1.82, 2.24) is 9.78 Å². The summed E-state index contributed by atoms with van der Waals surface area (Å²) in [4.78, 5) is 0. The van der Waals surface area contributed by atoms with Gasteiger partial charge in [0.2, 0.25) is 0 Å². The smallest absolute Gasteiger partial charge is 0.410 e. The fraction of sp³-hybridized carbons (Fsp3) is 0.286. The molecule has 0 bridgehead atoms. The van der Waals surface area contributed by atoms with Gasteiger partial charge in [0, 0.05) is 18.1 Å². The molecule has 4 rings (SSSR count). The second kappa shape index (κ2) is 7.35. The number of hydrogen-bond acceptors (Lipinski definition) is 4. The van der Waals surface area contributed by atoms with Crippen LogP contribution in [0.1, 0.15) is 24.1 Å². The van der Waals surface area contributed by atoms with Gasteiger partial charge in [-0.1, -0.05) is 36.4 Å². The highest BCUT2D eigenvalue weighted by atomic mass is 19.4. The Kier molecular flexibility index (Phi) is 4.86. The summed E-state index contributed by atoms with van der Waals surface area (Å²) in [6, 6.07) is 13.7. The first-order valence-corrected chi connectivity index (χ1v) is 9.11. The van der Waals surface area contributed by atoms with Crippen LogP contribution in [0.15, 0.2) is 54.6 Å². The predicted molar refractivity (Wildman–Crippen MR) is 103 cm³/mol. The molecule has 0 aliphatic carbocycles. The molecule has 5 nitrogen and oxygen atoms in total. The van der Waals surface area contributed by atoms with Crippen molar-refractivity contribution in [1.29, 1.82) is 0 Å². The van der Waals surface area contributed by atoms with Gasteiger partial charge in [-0.25, -0.2) is 4.68 Å². The van der Waals surface area contributed by atoms with Crippen molar-refractivity contribution in [2.75, 3.05) is 19.5 Å². The van der Waals surface area contributed by atoms with E-state index in [0.717, 1.165) is 10.2 Å². The highest BCUT2D eigenvalue weighted by Crippen LogP contribution is 2.45. The molecule has 1 aromatic heterocycles. The van der Waals surface area contributed by atoms with Gasteiger partial charge < -0.3 is 14.8 Å². The normalized spacial score (nSPS) is 18.7. The lowest BCUT2D eigenvalue weighted by Gasteiger charge is -2.33. The van der Waals surface area contributed by atoms with Gasteiger partial charge in [0.15, 0.2) is 17.5 Å². The van der Waals surface area contributed by atoms with Crippen LogP contribution in [-0.4, -0.2) is 30.2 Å². The minimum Gasteiger partial charge on any atom is -0.493 e. The SMILES string of the molecule is COc1ccc(C2CC(C(F)(F)F)n3nc(-c4ccccc4)cc3N2)cc1OC. The lowest BCUT2D eigenvalue weighted by Crippen LogP contribution is -2.35. The number of alkyl halides is 3. The Morgan fingerprint density at radius 3 is 2.38 bits per heavy atom. The molecule has 0 saturated heterocycles. The molecule has 29 heavy (non-hydrogen) atoms. The molecule has 0 fully saturated rings. The van der Waals surface area contributed by atoms with Crippen molar-refractivity contribution < 1.29 is 22.6 Å². The Morgan fingerprint density at radius 2 is 1.72 bits per heavy atom. The summed E-state index contributed by atoms with van der Waals surface area (Å²) < 4.78 is 53.1. The van der Waals surface area contributed by atoms with E-state index in [1.54, 1.807) is 24.3 Å². The molecule has 1 aliphatic heterocycles. The van der Waals surface area contributed by atoms with Crippen molar-refractivity contribution in [2.24, 2.45) is 0 Å². The van der Waals surface area contributed by atoms with Gasteiger partial charge in [-0.2, -0.15) is 18.3 Å². The molecular weight excluding hydrogens is 383 g/mol. The first-order chi connectivity index (χ1) is 13.9. The molecule has 3 aromatic rings. The molecule has 2 aromatic carbocycles. The zero-order valence-electron chi connectivity index (χ0n) is 15.9. The van der Waals surface area contributed by atoms with Crippen LogP contribution in [0.2, 0.25) is 0 Å². The van der Waals surface area contributed by atoms with Crippen molar-refractivity contribution in [3.8, 4) is 22.8 Å². The largest absolute Gasteiger partial charge is 0.493 e. The Morgan fingerprint density at radius 1 is 1.00 bits per heavy atom. The summed E-state index contributed by atoms with van der Waals surface area (Å²) in [6.45, 7) is 0. The quantitative estimate of drug-likeness (QED) is 0.648. The van der Waals surface area contributed by atoms with E-state index in [4.69, 9.17) is 9.47 Å². The van der Waals surface area contributed by atoms with E-state index in [1.165, 1.54) is 14.2 Å². The lowest BCUT2D eigenvalue weighted by molar-refractivity contribution is -0.173. The van der Waals surface area contributed by atoms with Crippen molar-refractivity contribution >= 4 is 5.82 Å². The van der Waals surface area contributed by atoms with Gasteiger partial charge in [0.25, 0.3) is 0 Å². The predicted octanol–water partition coefficient (Wildman–Crippen LogP) is 5.23. The average molecular weight is 403 g/mol. The fourth-order valence-electron chi connectivity index (χ4n) is 3.61. The number of fused-ring (bicyclic) bond motifs is 1. The molecule has 2 heterocycles. The third-order valence-corrected chi connectivity index (χ3v) is 5.07. The van der Waals surface area contributed by atoms with Crippen LogP contribution in [0.25, 0.3) is 11.3 Å². The number of hydrogen-bond donors (Lipinski definition) is 1. The molecule has 2 atom stereocenters. The fourth-order valence-corrected chi connectivity index (χ4v) is 3.61. The van der Waals surface area contributed by atoms with Crippen molar-refractivity contribution in [2.45, 2.75) is 24.7 Å². The van der Waals surface area contributed by atoms with Gasteiger partial charge in [0.05, 0.1) is 26.0 Å². The first kappa shape index (κ1) is 19.2. The van der Waals surface area contributed by atoms with Crippen LogP contribution in [0.5, 0.6) is 11.5 Å². The number of nitrogens with one attached hydrogen (secondary N) is 1. The average Bonchev–Trinajstić information content (AvgIpc) is 3.16. The molecular formula is C21H20F3N3O2. The summed E-state index contributed by atoms with van der Waals surface area (Å²) in [5.41, 5.74) is 1.95. The van der Waals surface area contributed by atoms with Gasteiger partial charge >= 0.3 is 6.18 Å². The molecule has 8 heteroatoms.